The van der Waals surface area contributed by atoms with Crippen LogP contribution in [0.4, 0.5) is 11.4 Å². The first kappa shape index (κ1) is 36.8. The summed E-state index contributed by atoms with van der Waals surface area (Å²) in [6.45, 7) is 13.7. The van der Waals surface area contributed by atoms with Crippen molar-refractivity contribution >= 4 is 93.2 Å². The summed E-state index contributed by atoms with van der Waals surface area (Å²) < 4.78 is 12.4. The minimum atomic E-state index is -0.117. The number of anilines is 2. The molecule has 0 bridgehead atoms. The molecule has 3 aromatic heterocycles. The Hall–Kier alpha value is -6.82. The maximum absolute atomic E-state index is 7.11. The summed E-state index contributed by atoms with van der Waals surface area (Å²) in [6.07, 6.45) is 0. The van der Waals surface area contributed by atoms with Gasteiger partial charge in [0, 0.05) is 75.5 Å². The Labute approximate surface area is 371 Å². The van der Waals surface area contributed by atoms with Crippen LogP contribution in [0.15, 0.2) is 168 Å². The Kier molecular flexibility index (Phi) is 7.52. The van der Waals surface area contributed by atoms with E-state index < -0.39 is 0 Å². The summed E-state index contributed by atoms with van der Waals surface area (Å²) in [5.41, 5.74) is 16.2. The van der Waals surface area contributed by atoms with E-state index in [0.717, 1.165) is 33.4 Å². The van der Waals surface area contributed by atoms with E-state index in [2.05, 4.69) is 215 Å². The minimum Gasteiger partial charge on any atom is -0.455 e. The van der Waals surface area contributed by atoms with Crippen molar-refractivity contribution in [3.63, 3.8) is 0 Å². The first-order chi connectivity index (χ1) is 30.5. The van der Waals surface area contributed by atoms with Gasteiger partial charge in [-0.25, -0.2) is 0 Å². The molecule has 0 radical (unpaired) electrons. The molecule has 2 aliphatic rings. The van der Waals surface area contributed by atoms with E-state index in [-0.39, 0.29) is 17.7 Å². The summed E-state index contributed by atoms with van der Waals surface area (Å²) in [4.78, 5) is 2.65. The molecule has 5 heteroatoms. The molecule has 302 valence electrons. The summed E-state index contributed by atoms with van der Waals surface area (Å²) in [6, 6.07) is 61.5. The van der Waals surface area contributed by atoms with Gasteiger partial charge in [-0.2, -0.15) is 0 Å². The average Bonchev–Trinajstić information content (AvgIpc) is 3.96. The molecule has 0 N–H and O–H groups in total. The lowest BCUT2D eigenvalue weighted by Crippen LogP contribution is -2.60. The van der Waals surface area contributed by atoms with Crippen LogP contribution in [0.5, 0.6) is 0 Å². The van der Waals surface area contributed by atoms with Gasteiger partial charge in [-0.15, -0.1) is 11.3 Å². The van der Waals surface area contributed by atoms with E-state index in [9.17, 15) is 0 Å². The molecule has 0 atom stereocenters. The van der Waals surface area contributed by atoms with Crippen LogP contribution in [0, 0.1) is 0 Å². The van der Waals surface area contributed by atoms with Crippen molar-refractivity contribution in [2.24, 2.45) is 0 Å². The van der Waals surface area contributed by atoms with Gasteiger partial charge in [0.05, 0.1) is 11.0 Å². The van der Waals surface area contributed by atoms with E-state index >= 15 is 0 Å². The number of furan rings is 1. The molecular weight excluding hydrogens is 784 g/mol. The maximum atomic E-state index is 7.11. The number of rotatable bonds is 3. The predicted molar refractivity (Wildman–Crippen MR) is 271 cm³/mol. The molecular formula is C58H45BN2OS. The number of hydrogen-bond donors (Lipinski definition) is 0. The lowest BCUT2D eigenvalue weighted by Gasteiger charge is -2.42. The Balaban J connectivity index is 1.21. The zero-order chi connectivity index (χ0) is 42.5. The van der Waals surface area contributed by atoms with Crippen molar-refractivity contribution in [2.45, 2.75) is 52.4 Å². The van der Waals surface area contributed by atoms with Crippen LogP contribution in [0.2, 0.25) is 0 Å². The van der Waals surface area contributed by atoms with Crippen LogP contribution in [0.1, 0.15) is 52.7 Å². The smallest absolute Gasteiger partial charge is 0.333 e. The normalized spacial score (nSPS) is 13.5. The van der Waals surface area contributed by atoms with Gasteiger partial charge in [-0.3, -0.25) is 0 Å². The van der Waals surface area contributed by atoms with Gasteiger partial charge in [0.25, 0.3) is 0 Å². The van der Waals surface area contributed by atoms with Crippen LogP contribution in [-0.4, -0.2) is 11.4 Å². The van der Waals surface area contributed by atoms with Gasteiger partial charge in [0.2, 0.25) is 0 Å². The number of aromatic nitrogens is 1. The average molecular weight is 829 g/mol. The zero-order valence-corrected chi connectivity index (χ0v) is 37.2. The third kappa shape index (κ3) is 5.27. The third-order valence-electron chi connectivity index (χ3n) is 13.9. The summed E-state index contributed by atoms with van der Waals surface area (Å²) in [5.74, 6) is 1.79. The SMILES string of the molecule is CC(C)(C)c1ccc(N2B3c4cc5c(-c6ccccc6)oc(-c6ccccc6)c5cc4-n4c5cc6c(cc5c5ccc(c3c54)-c3cc(C(C)(C)C)ccc32)sc2ccccc26)cc1. The molecule has 63 heavy (non-hydrogen) atoms. The zero-order valence-electron chi connectivity index (χ0n) is 36.4. The van der Waals surface area contributed by atoms with Gasteiger partial charge in [0.1, 0.15) is 11.5 Å². The van der Waals surface area contributed by atoms with Crippen molar-refractivity contribution in [1.82, 2.24) is 4.57 Å². The maximum Gasteiger partial charge on any atom is 0.333 e. The second-order valence-corrected chi connectivity index (χ2v) is 20.8. The van der Waals surface area contributed by atoms with E-state index in [0.29, 0.717) is 0 Å². The van der Waals surface area contributed by atoms with Crippen molar-refractivity contribution in [3.05, 3.63) is 175 Å². The number of fused-ring (bicyclic) bond motifs is 12. The fraction of sp³-hybridized carbons (Fsp3) is 0.138. The number of nitrogens with zero attached hydrogens (tertiary/aromatic N) is 2. The highest BCUT2D eigenvalue weighted by molar-refractivity contribution is 7.25. The molecule has 5 heterocycles. The minimum absolute atomic E-state index is 0.0143. The molecule has 8 aromatic carbocycles. The van der Waals surface area contributed by atoms with Gasteiger partial charge in [-0.05, 0) is 87.0 Å². The molecule has 0 fully saturated rings. The third-order valence-corrected chi connectivity index (χ3v) is 15.0. The summed E-state index contributed by atoms with van der Waals surface area (Å²) in [7, 11) is 0. The van der Waals surface area contributed by atoms with Gasteiger partial charge in [-0.1, -0.05) is 157 Å². The lowest BCUT2D eigenvalue weighted by atomic mass is 9.43. The van der Waals surface area contributed by atoms with Crippen molar-refractivity contribution < 1.29 is 4.42 Å². The largest absolute Gasteiger partial charge is 0.455 e. The quantitative estimate of drug-likeness (QED) is 0.165. The van der Waals surface area contributed by atoms with Crippen LogP contribution >= 0.6 is 11.3 Å². The van der Waals surface area contributed by atoms with E-state index in [4.69, 9.17) is 4.42 Å². The summed E-state index contributed by atoms with van der Waals surface area (Å²) >= 11 is 1.89. The Morgan fingerprint density at radius 1 is 0.476 bits per heavy atom. The molecule has 13 rings (SSSR count). The molecule has 0 unspecified atom stereocenters. The Morgan fingerprint density at radius 3 is 1.83 bits per heavy atom. The lowest BCUT2D eigenvalue weighted by molar-refractivity contribution is 0.590. The molecule has 0 aliphatic carbocycles. The van der Waals surface area contributed by atoms with E-state index in [1.54, 1.807) is 0 Å². The molecule has 0 spiro atoms. The second-order valence-electron chi connectivity index (χ2n) is 19.7. The Morgan fingerprint density at radius 2 is 1.13 bits per heavy atom. The van der Waals surface area contributed by atoms with Crippen molar-refractivity contribution in [2.75, 3.05) is 4.81 Å². The first-order valence-electron chi connectivity index (χ1n) is 22.2. The fourth-order valence-corrected chi connectivity index (χ4v) is 11.9. The van der Waals surface area contributed by atoms with Crippen LogP contribution in [-0.2, 0) is 10.8 Å². The molecule has 11 aromatic rings. The molecule has 0 amide bonds. The van der Waals surface area contributed by atoms with Crippen LogP contribution in [0.3, 0.4) is 0 Å². The topological polar surface area (TPSA) is 21.3 Å². The molecule has 2 aliphatic heterocycles. The highest BCUT2D eigenvalue weighted by Crippen LogP contribution is 2.49. The van der Waals surface area contributed by atoms with E-state index in [1.807, 2.05) is 11.3 Å². The number of benzene rings is 8. The van der Waals surface area contributed by atoms with Crippen molar-refractivity contribution in [3.8, 4) is 39.5 Å². The highest BCUT2D eigenvalue weighted by atomic mass is 32.1. The Bertz CT molecular complexity index is 3690. The van der Waals surface area contributed by atoms with Gasteiger partial charge < -0.3 is 13.8 Å². The monoisotopic (exact) mass is 828 g/mol. The number of hydrogen-bond acceptors (Lipinski definition) is 3. The second kappa shape index (κ2) is 12.9. The molecule has 3 nitrogen and oxygen atoms in total. The molecule has 0 saturated heterocycles. The summed E-state index contributed by atoms with van der Waals surface area (Å²) in [5, 5.41) is 7.43. The number of thiophene rings is 1. The molecule has 0 saturated carbocycles. The standard InChI is InChI=1S/C58H45BN2OS/c1-57(2,3)36-21-24-38(25-22-36)61-48-28-23-37(58(4,5)6)29-42(48)40-26-27-41-43-33-52-44(39-19-13-14-20-51(39)63-52)31-49(43)60-50-32-46-45(30-47(50)59(61)53(40)54(41)60)55(34-15-9-7-10-16-34)62-56(46)35-17-11-8-12-18-35/h7-33H,1-6H3. The van der Waals surface area contributed by atoms with Gasteiger partial charge >= 0.3 is 6.85 Å². The van der Waals surface area contributed by atoms with E-state index in [1.165, 1.54) is 92.2 Å². The fourth-order valence-electron chi connectivity index (χ4n) is 10.7. The van der Waals surface area contributed by atoms with Crippen LogP contribution < -0.4 is 15.7 Å². The van der Waals surface area contributed by atoms with Crippen LogP contribution in [0.25, 0.3) is 92.2 Å². The van der Waals surface area contributed by atoms with Crippen molar-refractivity contribution in [1.29, 1.82) is 0 Å². The van der Waals surface area contributed by atoms with Gasteiger partial charge in [0.15, 0.2) is 0 Å². The highest BCUT2D eigenvalue weighted by Gasteiger charge is 2.45. The first-order valence-corrected chi connectivity index (χ1v) is 23.0. The predicted octanol–water partition coefficient (Wildman–Crippen LogP) is 15.1.